The van der Waals surface area contributed by atoms with Crippen molar-refractivity contribution in [2.75, 3.05) is 0 Å². The number of rotatable bonds is 4. The minimum absolute atomic E-state index is 0.160. The Hall–Kier alpha value is -1.12. The Morgan fingerprint density at radius 2 is 2.18 bits per heavy atom. The smallest absolute Gasteiger partial charge is 0.303 e. The van der Waals surface area contributed by atoms with Crippen LogP contribution in [-0.4, -0.2) is 16.8 Å². The summed E-state index contributed by atoms with van der Waals surface area (Å²) >= 11 is 0. The highest BCUT2D eigenvalue weighted by atomic mass is 16.4. The third kappa shape index (κ3) is 6.77. The van der Waals surface area contributed by atoms with Gasteiger partial charge in [0.25, 0.3) is 0 Å². The average molecular weight is 155 g/mol. The number of carboxylic acid groups (broad SMARTS) is 1. The highest BCUT2D eigenvalue weighted by Gasteiger charge is 1.96. The number of carboxylic acids is 1. The Balaban J connectivity index is 3.68. The van der Waals surface area contributed by atoms with Gasteiger partial charge in [0.1, 0.15) is 0 Å². The molecular weight excluding hydrogens is 142 g/mol. The maximum Gasteiger partial charge on any atom is 0.303 e. The fraction of sp³-hybridized carbons (Fsp3) is 0.500. The highest BCUT2D eigenvalue weighted by molar-refractivity contribution is 5.85. The Kier molecular flexibility index (Phi) is 5.07. The van der Waals surface area contributed by atoms with E-state index in [2.05, 4.69) is 4.99 Å². The van der Waals surface area contributed by atoms with Crippen LogP contribution in [0.3, 0.4) is 0 Å². The lowest BCUT2D eigenvalue weighted by Gasteiger charge is -1.93. The number of aliphatic carboxylic acids is 1. The molecule has 0 rings (SSSR count). The molecule has 0 aliphatic heterocycles. The molecular formula is C8H13NO2. The van der Waals surface area contributed by atoms with Crippen molar-refractivity contribution in [2.24, 2.45) is 4.99 Å². The number of hydrogen-bond donors (Lipinski definition) is 1. The van der Waals surface area contributed by atoms with Crippen LogP contribution in [0.25, 0.3) is 0 Å². The first-order chi connectivity index (χ1) is 5.16. The fourth-order valence-electron chi connectivity index (χ4n) is 0.554. The maximum atomic E-state index is 10.1. The van der Waals surface area contributed by atoms with E-state index >= 15 is 0 Å². The molecule has 1 N–H and O–H groups in total. The lowest BCUT2D eigenvalue weighted by molar-refractivity contribution is -0.136. The molecule has 0 spiro atoms. The molecule has 3 heteroatoms. The van der Waals surface area contributed by atoms with Crippen molar-refractivity contribution in [3.05, 3.63) is 12.3 Å². The van der Waals surface area contributed by atoms with E-state index in [0.717, 1.165) is 5.71 Å². The van der Waals surface area contributed by atoms with Gasteiger partial charge in [-0.25, -0.2) is 0 Å². The van der Waals surface area contributed by atoms with Crippen LogP contribution in [0.1, 0.15) is 26.7 Å². The second-order valence-corrected chi connectivity index (χ2v) is 2.24. The van der Waals surface area contributed by atoms with Crippen molar-refractivity contribution in [1.29, 1.82) is 0 Å². The van der Waals surface area contributed by atoms with Crippen molar-refractivity contribution in [3.63, 3.8) is 0 Å². The lowest BCUT2D eigenvalue weighted by Crippen LogP contribution is -1.98. The van der Waals surface area contributed by atoms with Crippen molar-refractivity contribution in [1.82, 2.24) is 0 Å². The molecule has 0 aromatic carbocycles. The van der Waals surface area contributed by atoms with Gasteiger partial charge in [0.05, 0.1) is 6.42 Å². The molecule has 3 nitrogen and oxygen atoms in total. The summed E-state index contributed by atoms with van der Waals surface area (Å²) in [6.07, 6.45) is 4.16. The van der Waals surface area contributed by atoms with Gasteiger partial charge in [0.15, 0.2) is 0 Å². The third-order valence-corrected chi connectivity index (χ3v) is 1.14. The summed E-state index contributed by atoms with van der Waals surface area (Å²) in [5, 5.41) is 8.31. The Morgan fingerprint density at radius 1 is 1.55 bits per heavy atom. The van der Waals surface area contributed by atoms with E-state index in [1.54, 1.807) is 6.20 Å². The third-order valence-electron chi connectivity index (χ3n) is 1.14. The fourth-order valence-corrected chi connectivity index (χ4v) is 0.554. The van der Waals surface area contributed by atoms with E-state index in [1.807, 2.05) is 19.9 Å². The summed E-state index contributed by atoms with van der Waals surface area (Å²) in [6, 6.07) is 0. The van der Waals surface area contributed by atoms with Gasteiger partial charge in [-0.2, -0.15) is 0 Å². The van der Waals surface area contributed by atoms with E-state index < -0.39 is 5.97 Å². The number of hydrogen-bond acceptors (Lipinski definition) is 2. The number of carbonyl (C=O) groups is 1. The second kappa shape index (κ2) is 5.65. The first-order valence-corrected chi connectivity index (χ1v) is 3.53. The van der Waals surface area contributed by atoms with E-state index in [4.69, 9.17) is 5.11 Å². The van der Waals surface area contributed by atoms with Crippen molar-refractivity contribution >= 4 is 11.7 Å². The number of allylic oxidation sites excluding steroid dienone is 1. The molecule has 0 aliphatic carbocycles. The maximum absolute atomic E-state index is 10.1. The van der Waals surface area contributed by atoms with Crippen molar-refractivity contribution < 1.29 is 9.90 Å². The molecule has 11 heavy (non-hydrogen) atoms. The summed E-state index contributed by atoms with van der Waals surface area (Å²) < 4.78 is 0. The molecule has 0 aromatic rings. The van der Waals surface area contributed by atoms with Gasteiger partial charge >= 0.3 is 5.97 Å². The van der Waals surface area contributed by atoms with E-state index in [-0.39, 0.29) is 6.42 Å². The molecule has 0 atom stereocenters. The normalized spacial score (nSPS) is 12.4. The van der Waals surface area contributed by atoms with Crippen LogP contribution in [0.15, 0.2) is 17.3 Å². The van der Waals surface area contributed by atoms with E-state index in [9.17, 15) is 4.79 Å². The largest absolute Gasteiger partial charge is 0.481 e. The molecule has 0 radical (unpaired) electrons. The molecule has 0 amide bonds. The second-order valence-electron chi connectivity index (χ2n) is 2.24. The van der Waals surface area contributed by atoms with Gasteiger partial charge in [-0.15, -0.1) is 0 Å². The molecule has 0 fully saturated rings. The van der Waals surface area contributed by atoms with Crippen LogP contribution in [0, 0.1) is 0 Å². The van der Waals surface area contributed by atoms with Gasteiger partial charge < -0.3 is 5.11 Å². The van der Waals surface area contributed by atoms with Gasteiger partial charge in [-0.3, -0.25) is 9.79 Å². The molecule has 0 saturated carbocycles. The van der Waals surface area contributed by atoms with Crippen LogP contribution in [0.4, 0.5) is 0 Å². The molecule has 0 heterocycles. The molecule has 0 saturated heterocycles. The Labute approximate surface area is 66.5 Å². The monoisotopic (exact) mass is 155 g/mol. The summed E-state index contributed by atoms with van der Waals surface area (Å²) in [5.74, 6) is -0.778. The summed E-state index contributed by atoms with van der Waals surface area (Å²) in [7, 11) is 0. The van der Waals surface area contributed by atoms with Crippen LogP contribution in [0.2, 0.25) is 0 Å². The van der Waals surface area contributed by atoms with E-state index in [1.165, 1.54) is 0 Å². The zero-order valence-electron chi connectivity index (χ0n) is 6.87. The Bertz CT molecular complexity index is 183. The van der Waals surface area contributed by atoms with Crippen LogP contribution in [0.5, 0.6) is 0 Å². The zero-order valence-corrected chi connectivity index (χ0v) is 6.87. The average Bonchev–Trinajstić information content (AvgIpc) is 1.97. The van der Waals surface area contributed by atoms with Gasteiger partial charge in [0, 0.05) is 11.9 Å². The van der Waals surface area contributed by atoms with Crippen LogP contribution >= 0.6 is 0 Å². The van der Waals surface area contributed by atoms with E-state index in [0.29, 0.717) is 6.42 Å². The quantitative estimate of drug-likeness (QED) is 0.630. The van der Waals surface area contributed by atoms with Gasteiger partial charge in [-0.05, 0) is 20.3 Å². The molecule has 0 aromatic heterocycles. The highest BCUT2D eigenvalue weighted by Crippen LogP contribution is 1.93. The Morgan fingerprint density at radius 3 is 2.64 bits per heavy atom. The lowest BCUT2D eigenvalue weighted by atomic mass is 10.2. The number of aliphatic imine (C=N–C) groups is 1. The minimum atomic E-state index is -0.778. The molecule has 62 valence electrons. The van der Waals surface area contributed by atoms with Gasteiger partial charge in [-0.1, -0.05) is 6.08 Å². The minimum Gasteiger partial charge on any atom is -0.481 e. The first kappa shape index (κ1) is 9.88. The first-order valence-electron chi connectivity index (χ1n) is 3.53. The predicted molar refractivity (Wildman–Crippen MR) is 44.8 cm³/mol. The zero-order chi connectivity index (χ0) is 8.69. The van der Waals surface area contributed by atoms with Crippen molar-refractivity contribution in [2.45, 2.75) is 26.7 Å². The number of nitrogens with zero attached hydrogens (tertiary/aromatic N) is 1. The summed E-state index contributed by atoms with van der Waals surface area (Å²) in [6.45, 7) is 3.69. The summed E-state index contributed by atoms with van der Waals surface area (Å²) in [4.78, 5) is 14.1. The molecule has 0 unspecified atom stereocenters. The van der Waals surface area contributed by atoms with Crippen LogP contribution < -0.4 is 0 Å². The topological polar surface area (TPSA) is 49.7 Å². The molecule has 0 bridgehead atoms. The van der Waals surface area contributed by atoms with Crippen LogP contribution in [-0.2, 0) is 4.79 Å². The standard InChI is InChI=1S/C8H13NO2/c1-3-6-9-7(2)4-5-8(10)11/h3,6H,4-5H2,1-2H3,(H,10,11)/b6-3-,9-7?. The SMILES string of the molecule is C/C=C\N=C(C)CCC(=O)O. The predicted octanol–water partition coefficient (Wildman–Crippen LogP) is 1.85. The molecule has 0 aliphatic rings. The summed E-state index contributed by atoms with van der Waals surface area (Å²) in [5.41, 5.74) is 0.852. The van der Waals surface area contributed by atoms with Crippen molar-refractivity contribution in [3.8, 4) is 0 Å². The van der Waals surface area contributed by atoms with Gasteiger partial charge in [0.2, 0.25) is 0 Å².